The Morgan fingerprint density at radius 3 is 0.986 bits per heavy atom. The van der Waals surface area contributed by atoms with Gasteiger partial charge in [-0.25, -0.2) is 28.7 Å². The highest BCUT2D eigenvalue weighted by Crippen LogP contribution is 2.37. The number of carbonyl (C=O) groups is 4. The first-order valence-corrected chi connectivity index (χ1v) is 49.0. The molecule has 36 nitrogen and oxygen atoms in total. The molecule has 9 N–H and O–H groups in total. The molecule has 38 heteroatoms. The number of aliphatic hydroxyl groups excluding tert-OH is 1. The summed E-state index contributed by atoms with van der Waals surface area (Å²) in [6.45, 7) is 17.4. The fourth-order valence-corrected chi connectivity index (χ4v) is 18.5. The highest BCUT2D eigenvalue weighted by molar-refractivity contribution is 6.15. The van der Waals surface area contributed by atoms with Crippen molar-refractivity contribution in [3.05, 3.63) is 290 Å². The zero-order chi connectivity index (χ0) is 99.2. The van der Waals surface area contributed by atoms with Gasteiger partial charge in [0, 0.05) is 185 Å². The van der Waals surface area contributed by atoms with E-state index in [1.165, 1.54) is 18.4 Å². The standard InChI is InChI=1S/C28H31N7O3.C28H24N6O3.C26H25F2N7O.C26H27N7O2/c36-23-5-7-34(8-6-23)18-19-13-21(16-29-15-19)20-1-3-25-24(14-20)27(33-32-25)28(37)31-22-2-4-26(30-17-22)35-9-11-38-12-10-35;35-28(31-21-7-9-26(30-17-21)34-10-12-36-13-11-34)27-24-15-19(6-8-25(24)32-33-27)20-14-23(18-29-16-20)37-22-4-2-1-3-5-22;27-26(28)6-9-34(16-26)15-17-10-19(13-29-12-17)18-2-4-22-21(11-18)24(33-32-22)25(36)31-20-3-5-23(30-14-20)35-7-1-8-35;34-26(29-21-3-5-24(28-16-21)33-8-10-35-11-9-33)25-22-13-19(2-4-23(22)30-31-25)20-12-18(14-27-15-20)17-32-6-1-7-32/h1-4,13-17,23,36H,5-12,18H2,(H,31,37)(H,32,33);1-9,14-18H,10-13H2,(H,31,35)(H,32,33);2-5,10-14H,1,6-9,15-16H2,(H,31,36)(H,32,33);2-5,12-16H,1,6-11,17H2,(H,29,34)(H,30,31). The molecule has 0 spiro atoms. The Morgan fingerprint density at radius 2 is 0.671 bits per heavy atom. The first-order valence-electron chi connectivity index (χ1n) is 49.0. The minimum atomic E-state index is -2.62. The van der Waals surface area contributed by atoms with Crippen LogP contribution < -0.4 is 45.6 Å². The number of piperidine rings is 1. The van der Waals surface area contributed by atoms with Crippen LogP contribution in [0.4, 0.5) is 54.8 Å². The Hall–Kier alpha value is -16.4. The molecule has 12 aromatic heterocycles. The zero-order valence-corrected chi connectivity index (χ0v) is 80.0. The van der Waals surface area contributed by atoms with Crippen LogP contribution in [0.1, 0.15) is 90.7 Å². The molecule has 0 radical (unpaired) electrons. The number of aromatic nitrogens is 16. The van der Waals surface area contributed by atoms with E-state index in [1.807, 2.05) is 189 Å². The summed E-state index contributed by atoms with van der Waals surface area (Å²) in [5.74, 6) is 1.03. The Morgan fingerprint density at radius 1 is 0.342 bits per heavy atom. The number of pyridine rings is 8. The number of aliphatic hydroxyl groups is 1. The van der Waals surface area contributed by atoms with Gasteiger partial charge in [-0.3, -0.25) is 74.2 Å². The molecule has 7 fully saturated rings. The molecule has 17 aromatic rings. The fraction of sp³-hybridized carbons (Fsp3) is 0.278. The molecule has 146 heavy (non-hydrogen) atoms. The number of likely N-dealkylation sites (tertiary alicyclic amines) is 3. The predicted octanol–water partition coefficient (Wildman–Crippen LogP) is 15.6. The molecule has 7 aliphatic heterocycles. The third-order valence-electron chi connectivity index (χ3n) is 26.7. The molecule has 0 saturated carbocycles. The number of ether oxygens (including phenoxy) is 4. The number of carbonyl (C=O) groups excluding carboxylic acids is 4. The first-order chi connectivity index (χ1) is 71.5. The predicted molar refractivity (Wildman–Crippen MR) is 554 cm³/mol. The number of hydrogen-bond donors (Lipinski definition) is 9. The topological polar surface area (TPSA) is 414 Å². The number of amides is 4. The van der Waals surface area contributed by atoms with Gasteiger partial charge in [-0.15, -0.1) is 0 Å². The maximum absolute atomic E-state index is 13.6. The number of anilines is 8. The molecule has 0 aliphatic carbocycles. The van der Waals surface area contributed by atoms with Gasteiger partial charge >= 0.3 is 0 Å². The van der Waals surface area contributed by atoms with Crippen LogP contribution in [-0.4, -0.2) is 267 Å². The summed E-state index contributed by atoms with van der Waals surface area (Å²) in [4.78, 5) is 103. The van der Waals surface area contributed by atoms with Crippen LogP contribution in [0.5, 0.6) is 11.5 Å². The summed E-state index contributed by atoms with van der Waals surface area (Å²) in [6.07, 6.45) is 24.8. The maximum atomic E-state index is 13.6. The summed E-state index contributed by atoms with van der Waals surface area (Å²) < 4.78 is 49.2. The number of hydrogen-bond acceptors (Lipinski definition) is 28. The first kappa shape index (κ1) is 95.8. The van der Waals surface area contributed by atoms with Crippen molar-refractivity contribution in [2.24, 2.45) is 0 Å². The highest BCUT2D eigenvalue weighted by atomic mass is 19.3. The van der Waals surface area contributed by atoms with Gasteiger partial charge in [0.2, 0.25) is 0 Å². The zero-order valence-electron chi connectivity index (χ0n) is 80.0. The molecule has 7 aliphatic rings. The number of nitrogens with one attached hydrogen (secondary N) is 8. The van der Waals surface area contributed by atoms with Gasteiger partial charge in [0.25, 0.3) is 29.6 Å². The average molecular weight is 1970 g/mol. The summed E-state index contributed by atoms with van der Waals surface area (Å²) in [5.41, 5.74) is 17.4. The molecule has 7 saturated heterocycles. The van der Waals surface area contributed by atoms with E-state index in [0.717, 1.165) is 222 Å². The number of rotatable bonds is 24. The van der Waals surface area contributed by atoms with E-state index >= 15 is 0 Å². The Bertz CT molecular complexity index is 7450. The van der Waals surface area contributed by atoms with E-state index < -0.39 is 5.92 Å². The quantitative estimate of drug-likeness (QED) is 0.0271. The number of H-pyrrole nitrogens is 4. The lowest BCUT2D eigenvalue weighted by atomic mass is 10.0. The second-order valence-electron chi connectivity index (χ2n) is 36.9. The lowest BCUT2D eigenvalue weighted by Gasteiger charge is -2.31. The highest BCUT2D eigenvalue weighted by Gasteiger charge is 2.38. The van der Waals surface area contributed by atoms with E-state index in [4.69, 9.17) is 18.9 Å². The van der Waals surface area contributed by atoms with E-state index in [2.05, 4.69) is 143 Å². The second-order valence-corrected chi connectivity index (χ2v) is 36.9. The fourth-order valence-electron chi connectivity index (χ4n) is 18.5. The summed E-state index contributed by atoms with van der Waals surface area (Å²) in [5, 5.41) is 53.2. The van der Waals surface area contributed by atoms with Crippen LogP contribution in [-0.2, 0) is 33.8 Å². The van der Waals surface area contributed by atoms with Crippen LogP contribution in [0.3, 0.4) is 0 Å². The van der Waals surface area contributed by atoms with Gasteiger partial charge < -0.3 is 64.9 Å². The van der Waals surface area contributed by atoms with Crippen LogP contribution in [0.15, 0.2) is 250 Å². The minimum absolute atomic E-state index is 0.110. The van der Waals surface area contributed by atoms with Gasteiger partial charge in [0.05, 0.1) is 128 Å². The SMILES string of the molecule is O=C(Nc1ccc(N2CCC2)nc1)c1n[nH]c2ccc(-c3cncc(CN4CCC(F)(F)C4)c3)cc12.O=C(Nc1ccc(N2CCOCC2)nc1)c1n[nH]c2ccc(-c3cncc(CN4CCC(O)CC4)c3)cc12.O=C(Nc1ccc(N2CCOCC2)nc1)c1n[nH]c2ccc(-c3cncc(CN4CCC4)c3)cc12.O=C(Nc1ccc(N2CCOCC2)nc1)c1n[nH]c2ccc(-c3cncc(Oc4ccccc4)c3)cc12. The normalized spacial score (nSPS) is 16.0. The molecule has 0 atom stereocenters. The average Bonchev–Trinajstić information content (AvgIpc) is 1.64. The van der Waals surface area contributed by atoms with Gasteiger partial charge in [0.1, 0.15) is 34.8 Å². The molecule has 5 aromatic carbocycles. The second kappa shape index (κ2) is 44.2. The van der Waals surface area contributed by atoms with Crippen molar-refractivity contribution in [2.45, 2.75) is 63.8 Å². The summed E-state index contributed by atoms with van der Waals surface area (Å²) in [7, 11) is 0. The smallest absolute Gasteiger partial charge is 0.276 e. The van der Waals surface area contributed by atoms with Crippen LogP contribution >= 0.6 is 0 Å². The van der Waals surface area contributed by atoms with Crippen molar-refractivity contribution in [3.63, 3.8) is 0 Å². The summed E-state index contributed by atoms with van der Waals surface area (Å²) in [6, 6.07) is 56.2. The number of benzene rings is 5. The third kappa shape index (κ3) is 23.3. The van der Waals surface area contributed by atoms with Crippen molar-refractivity contribution in [1.82, 2.24) is 95.4 Å². The number of fused-ring (bicyclic) bond motifs is 4. The number of aromatic amines is 4. The molecule has 0 unspecified atom stereocenters. The number of alkyl halides is 2. The van der Waals surface area contributed by atoms with Crippen molar-refractivity contribution in [3.8, 4) is 56.0 Å². The molecule has 19 heterocycles. The number of para-hydroxylation sites is 1. The Labute approximate surface area is 837 Å². The molecular weight excluding hydrogens is 1860 g/mol. The van der Waals surface area contributed by atoms with Crippen molar-refractivity contribution in [1.29, 1.82) is 0 Å². The van der Waals surface area contributed by atoms with Gasteiger partial charge in [0.15, 0.2) is 22.8 Å². The van der Waals surface area contributed by atoms with Gasteiger partial charge in [-0.2, -0.15) is 20.4 Å². The number of nitrogens with zero attached hydrogens (tertiary/aromatic N) is 19. The van der Waals surface area contributed by atoms with Crippen molar-refractivity contribution >= 4 is 113 Å². The van der Waals surface area contributed by atoms with Gasteiger partial charge in [-0.1, -0.05) is 42.5 Å². The van der Waals surface area contributed by atoms with E-state index in [9.17, 15) is 33.1 Å². The molecule has 24 rings (SSSR count). The van der Waals surface area contributed by atoms with Gasteiger partial charge in [-0.05, 0) is 211 Å². The molecule has 0 bridgehead atoms. The van der Waals surface area contributed by atoms with Crippen LogP contribution in [0, 0.1) is 0 Å². The largest absolute Gasteiger partial charge is 0.456 e. The Balaban J connectivity index is 0.000000114. The molecule has 742 valence electrons. The summed E-state index contributed by atoms with van der Waals surface area (Å²) >= 11 is 0. The number of halogens is 2. The van der Waals surface area contributed by atoms with Crippen LogP contribution in [0.2, 0.25) is 0 Å². The number of morpholine rings is 3. The lowest BCUT2D eigenvalue weighted by Crippen LogP contribution is -2.37. The lowest BCUT2D eigenvalue weighted by molar-refractivity contribution is 0.0114. The van der Waals surface area contributed by atoms with E-state index in [0.29, 0.717) is 109 Å². The molecule has 4 amide bonds. The third-order valence-corrected chi connectivity index (χ3v) is 26.7. The van der Waals surface area contributed by atoms with Crippen molar-refractivity contribution < 1.29 is 52.0 Å². The van der Waals surface area contributed by atoms with E-state index in [-0.39, 0.29) is 48.4 Å². The van der Waals surface area contributed by atoms with Crippen LogP contribution in [0.25, 0.3) is 88.1 Å². The monoisotopic (exact) mass is 1960 g/mol. The maximum Gasteiger partial charge on any atom is 0.276 e. The van der Waals surface area contributed by atoms with Crippen molar-refractivity contribution in [2.75, 3.05) is 172 Å². The minimum Gasteiger partial charge on any atom is -0.456 e. The molecular formula is C108H107F2N27O9. The van der Waals surface area contributed by atoms with E-state index in [1.54, 1.807) is 54.5 Å². The Kier molecular flexibility index (Phi) is 29.0.